The first-order valence-corrected chi connectivity index (χ1v) is 12.0. The Morgan fingerprint density at radius 1 is 0.552 bits per heavy atom. The van der Waals surface area contributed by atoms with Crippen molar-refractivity contribution in [3.8, 4) is 0 Å². The summed E-state index contributed by atoms with van der Waals surface area (Å²) in [5, 5.41) is 0. The molecule has 2 aliphatic carbocycles. The Kier molecular flexibility index (Phi) is 6.44. The third-order valence-corrected chi connectivity index (χ3v) is 7.98. The maximum atomic E-state index is 7.54. The molecule has 2 saturated carbocycles. The zero-order valence-corrected chi connectivity index (χ0v) is 18.4. The predicted octanol–water partition coefficient (Wildman–Crippen LogP) is 8.02. The van der Waals surface area contributed by atoms with Gasteiger partial charge in [0.15, 0.2) is 0 Å². The van der Waals surface area contributed by atoms with Crippen LogP contribution in [0.15, 0.2) is 60.7 Å². The van der Waals surface area contributed by atoms with Crippen molar-refractivity contribution in [3.05, 3.63) is 71.8 Å². The fourth-order valence-corrected chi connectivity index (χ4v) is 6.04. The van der Waals surface area contributed by atoms with Crippen molar-refractivity contribution in [2.75, 3.05) is 0 Å². The lowest BCUT2D eigenvalue weighted by molar-refractivity contribution is -0.202. The summed E-state index contributed by atoms with van der Waals surface area (Å²) >= 11 is 0. The van der Waals surface area contributed by atoms with Crippen LogP contribution in [-0.2, 0) is 4.74 Å². The number of benzene rings is 2. The average molecular weight is 391 g/mol. The van der Waals surface area contributed by atoms with E-state index in [9.17, 15) is 0 Å². The normalized spacial score (nSPS) is 23.2. The first kappa shape index (κ1) is 20.7. The zero-order chi connectivity index (χ0) is 20.2. The van der Waals surface area contributed by atoms with Crippen molar-refractivity contribution in [1.29, 1.82) is 0 Å². The smallest absolute Gasteiger partial charge is 0.0755 e. The first-order chi connectivity index (χ1) is 14.2. The van der Waals surface area contributed by atoms with Crippen molar-refractivity contribution < 1.29 is 4.74 Å². The average Bonchev–Trinajstić information content (AvgIpc) is 2.80. The standard InChI is InChI=1S/C28H38O/c1-23(25-15-7-3-8-16-25)27(19-11-5-12-20-27)29-28(21-13-6-14-22-28)24(2)26-17-9-4-10-18-26/h3-4,7-10,15-18,23-24H,5-6,11-14,19-22H2,1-2H3. The van der Waals surface area contributed by atoms with Gasteiger partial charge >= 0.3 is 0 Å². The van der Waals surface area contributed by atoms with E-state index >= 15 is 0 Å². The molecule has 0 spiro atoms. The van der Waals surface area contributed by atoms with Crippen LogP contribution in [0.25, 0.3) is 0 Å². The van der Waals surface area contributed by atoms with Crippen LogP contribution in [0, 0.1) is 0 Å². The topological polar surface area (TPSA) is 9.23 Å². The van der Waals surface area contributed by atoms with E-state index in [1.165, 1.54) is 75.3 Å². The fourth-order valence-electron chi connectivity index (χ4n) is 6.04. The molecule has 0 amide bonds. The summed E-state index contributed by atoms with van der Waals surface area (Å²) in [7, 11) is 0. The van der Waals surface area contributed by atoms with E-state index in [-0.39, 0.29) is 11.2 Å². The Morgan fingerprint density at radius 3 is 1.24 bits per heavy atom. The summed E-state index contributed by atoms with van der Waals surface area (Å²) in [6, 6.07) is 22.2. The van der Waals surface area contributed by atoms with Gasteiger partial charge < -0.3 is 4.74 Å². The minimum absolute atomic E-state index is 0.0278. The van der Waals surface area contributed by atoms with Gasteiger partial charge in [-0.3, -0.25) is 0 Å². The Labute approximate surface area is 177 Å². The molecule has 0 N–H and O–H groups in total. The third kappa shape index (κ3) is 4.31. The van der Waals surface area contributed by atoms with E-state index in [2.05, 4.69) is 74.5 Å². The van der Waals surface area contributed by atoms with Crippen LogP contribution in [0.5, 0.6) is 0 Å². The molecule has 0 bridgehead atoms. The van der Waals surface area contributed by atoms with Gasteiger partial charge in [-0.15, -0.1) is 0 Å². The van der Waals surface area contributed by atoms with E-state index in [0.29, 0.717) is 11.8 Å². The van der Waals surface area contributed by atoms with Crippen LogP contribution in [0.1, 0.15) is 101 Å². The van der Waals surface area contributed by atoms with Crippen molar-refractivity contribution >= 4 is 0 Å². The first-order valence-electron chi connectivity index (χ1n) is 12.0. The van der Waals surface area contributed by atoms with Gasteiger partial charge in [0, 0.05) is 11.8 Å². The highest BCUT2D eigenvalue weighted by atomic mass is 16.5. The molecular weight excluding hydrogens is 352 g/mol. The molecule has 0 radical (unpaired) electrons. The number of hydrogen-bond donors (Lipinski definition) is 0. The van der Waals surface area contributed by atoms with Crippen molar-refractivity contribution in [3.63, 3.8) is 0 Å². The molecule has 2 aromatic carbocycles. The Bertz CT molecular complexity index is 673. The van der Waals surface area contributed by atoms with Crippen LogP contribution in [0.4, 0.5) is 0 Å². The fraction of sp³-hybridized carbons (Fsp3) is 0.571. The summed E-state index contributed by atoms with van der Waals surface area (Å²) in [4.78, 5) is 0. The molecule has 0 saturated heterocycles. The molecule has 2 aromatic rings. The molecule has 4 rings (SSSR count). The van der Waals surface area contributed by atoms with E-state index < -0.39 is 0 Å². The van der Waals surface area contributed by atoms with Crippen molar-refractivity contribution in [1.82, 2.24) is 0 Å². The highest BCUT2D eigenvalue weighted by Crippen LogP contribution is 2.51. The van der Waals surface area contributed by atoms with Gasteiger partial charge in [-0.2, -0.15) is 0 Å². The quantitative estimate of drug-likeness (QED) is 0.485. The maximum absolute atomic E-state index is 7.54. The van der Waals surface area contributed by atoms with E-state index in [0.717, 1.165) is 0 Å². The molecule has 2 atom stereocenters. The van der Waals surface area contributed by atoms with Crippen LogP contribution < -0.4 is 0 Å². The van der Waals surface area contributed by atoms with Gasteiger partial charge in [0.1, 0.15) is 0 Å². The van der Waals surface area contributed by atoms with Gasteiger partial charge in [-0.1, -0.05) is 113 Å². The summed E-state index contributed by atoms with van der Waals surface area (Å²) in [5.74, 6) is 0.872. The zero-order valence-electron chi connectivity index (χ0n) is 18.4. The molecule has 29 heavy (non-hydrogen) atoms. The van der Waals surface area contributed by atoms with Crippen molar-refractivity contribution in [2.45, 2.75) is 101 Å². The van der Waals surface area contributed by atoms with Gasteiger partial charge in [0.25, 0.3) is 0 Å². The molecule has 2 aliphatic rings. The number of rotatable bonds is 6. The molecule has 0 aliphatic heterocycles. The number of hydrogen-bond acceptors (Lipinski definition) is 1. The molecule has 2 fully saturated rings. The van der Waals surface area contributed by atoms with Gasteiger partial charge in [0.05, 0.1) is 11.2 Å². The SMILES string of the molecule is CC(c1ccccc1)C1(OC2(C(C)c3ccccc3)CCCCC2)CCCCC1. The molecule has 156 valence electrons. The molecular formula is C28H38O. The van der Waals surface area contributed by atoms with Gasteiger partial charge in [0.2, 0.25) is 0 Å². The number of ether oxygens (including phenoxy) is 1. The summed E-state index contributed by atoms with van der Waals surface area (Å²) in [6.45, 7) is 4.84. The highest BCUT2D eigenvalue weighted by molar-refractivity contribution is 5.25. The lowest BCUT2D eigenvalue weighted by Gasteiger charge is -2.53. The van der Waals surface area contributed by atoms with Crippen LogP contribution >= 0.6 is 0 Å². The Morgan fingerprint density at radius 2 is 0.897 bits per heavy atom. The van der Waals surface area contributed by atoms with Crippen LogP contribution in [0.2, 0.25) is 0 Å². The van der Waals surface area contributed by atoms with Gasteiger partial charge in [-0.25, -0.2) is 0 Å². The summed E-state index contributed by atoms with van der Waals surface area (Å²) in [5.41, 5.74) is 2.82. The maximum Gasteiger partial charge on any atom is 0.0755 e. The summed E-state index contributed by atoms with van der Waals surface area (Å²) < 4.78 is 7.54. The molecule has 1 heteroatoms. The van der Waals surface area contributed by atoms with Crippen molar-refractivity contribution in [2.24, 2.45) is 0 Å². The van der Waals surface area contributed by atoms with Crippen LogP contribution in [0.3, 0.4) is 0 Å². The van der Waals surface area contributed by atoms with Crippen LogP contribution in [-0.4, -0.2) is 11.2 Å². The largest absolute Gasteiger partial charge is 0.367 e. The Balaban J connectivity index is 1.69. The van der Waals surface area contributed by atoms with E-state index in [1.807, 2.05) is 0 Å². The highest BCUT2D eigenvalue weighted by Gasteiger charge is 2.49. The molecule has 0 heterocycles. The van der Waals surface area contributed by atoms with E-state index in [1.54, 1.807) is 0 Å². The van der Waals surface area contributed by atoms with E-state index in [4.69, 9.17) is 4.74 Å². The molecule has 2 unspecified atom stereocenters. The minimum Gasteiger partial charge on any atom is -0.367 e. The second kappa shape index (κ2) is 9.04. The molecule has 0 aromatic heterocycles. The lowest BCUT2D eigenvalue weighted by atomic mass is 9.69. The lowest BCUT2D eigenvalue weighted by Crippen LogP contribution is -2.52. The second-order valence-corrected chi connectivity index (χ2v) is 9.62. The second-order valence-electron chi connectivity index (χ2n) is 9.62. The predicted molar refractivity (Wildman–Crippen MR) is 122 cm³/mol. The minimum atomic E-state index is -0.0278. The van der Waals surface area contributed by atoms with Gasteiger partial charge in [-0.05, 0) is 36.8 Å². The molecule has 1 nitrogen and oxygen atoms in total. The summed E-state index contributed by atoms with van der Waals surface area (Å²) in [6.07, 6.45) is 12.7. The monoisotopic (exact) mass is 390 g/mol. The Hall–Kier alpha value is -1.60. The third-order valence-electron chi connectivity index (χ3n) is 7.98.